The van der Waals surface area contributed by atoms with Crippen molar-refractivity contribution in [2.75, 3.05) is 4.90 Å². The summed E-state index contributed by atoms with van der Waals surface area (Å²) >= 11 is 1.02. The van der Waals surface area contributed by atoms with E-state index in [1.165, 1.54) is 29.3 Å². The second kappa shape index (κ2) is 8.65. The van der Waals surface area contributed by atoms with Crippen molar-refractivity contribution in [3.05, 3.63) is 69.8 Å². The van der Waals surface area contributed by atoms with Crippen molar-refractivity contribution in [3.63, 3.8) is 0 Å². The molecule has 0 aliphatic carbocycles. The first-order valence-corrected chi connectivity index (χ1v) is 9.37. The minimum Gasteiger partial charge on any atom is -0.481 e. The number of nitro benzene ring substituents is 1. The van der Waals surface area contributed by atoms with Crippen LogP contribution in [-0.2, 0) is 9.59 Å². The number of carboxylic acid groups (broad SMARTS) is 1. The maximum atomic E-state index is 12.7. The molecule has 0 saturated carbocycles. The molecule has 1 aliphatic rings. The van der Waals surface area contributed by atoms with E-state index >= 15 is 0 Å². The molecule has 1 aliphatic heterocycles. The lowest BCUT2D eigenvalue weighted by molar-refractivity contribution is -0.384. The molecule has 3 rings (SSSR count). The third kappa shape index (κ3) is 4.85. The van der Waals surface area contributed by atoms with Crippen LogP contribution in [0.15, 0.2) is 58.7 Å². The molecule has 10 heteroatoms. The number of hydrogen-bond acceptors (Lipinski definition) is 7. The number of carboxylic acids is 1. The topological polar surface area (TPSA) is 125 Å². The van der Waals surface area contributed by atoms with Gasteiger partial charge in [-0.3, -0.25) is 24.6 Å². The highest BCUT2D eigenvalue weighted by Crippen LogP contribution is 2.33. The van der Waals surface area contributed by atoms with E-state index in [0.717, 1.165) is 17.3 Å². The van der Waals surface area contributed by atoms with Crippen molar-refractivity contribution >= 4 is 46.4 Å². The number of thioether (sulfide) groups is 1. The normalized spacial score (nSPS) is 18.0. The summed E-state index contributed by atoms with van der Waals surface area (Å²) in [5, 5.41) is 27.4. The first kappa shape index (κ1) is 20.2. The molecule has 9 nitrogen and oxygen atoms in total. The lowest BCUT2D eigenvalue weighted by Crippen LogP contribution is -2.32. The first-order valence-electron chi connectivity index (χ1n) is 8.49. The van der Waals surface area contributed by atoms with Gasteiger partial charge < -0.3 is 5.11 Å². The van der Waals surface area contributed by atoms with Crippen LogP contribution in [0.25, 0.3) is 0 Å². The van der Waals surface area contributed by atoms with Crippen LogP contribution in [0.4, 0.5) is 11.4 Å². The summed E-state index contributed by atoms with van der Waals surface area (Å²) < 4.78 is 0. The highest BCUT2D eigenvalue weighted by molar-refractivity contribution is 8.16. The van der Waals surface area contributed by atoms with Gasteiger partial charge in [-0.05, 0) is 19.1 Å². The molecule has 29 heavy (non-hydrogen) atoms. The van der Waals surface area contributed by atoms with Gasteiger partial charge in [0.2, 0.25) is 5.91 Å². The predicted octanol–water partition coefficient (Wildman–Crippen LogP) is 3.22. The number of aryl methyl sites for hydroxylation is 1. The number of carbonyl (C=O) groups is 2. The minimum atomic E-state index is -1.08. The number of benzene rings is 2. The van der Waals surface area contributed by atoms with Gasteiger partial charge in [0.1, 0.15) is 5.25 Å². The van der Waals surface area contributed by atoms with Crippen LogP contribution in [0.2, 0.25) is 0 Å². The number of rotatable bonds is 6. The number of hydrogen-bond donors (Lipinski definition) is 1. The molecule has 1 fully saturated rings. The van der Waals surface area contributed by atoms with Gasteiger partial charge in [0.25, 0.3) is 5.69 Å². The Bertz CT molecular complexity index is 1020. The van der Waals surface area contributed by atoms with Gasteiger partial charge in [-0.25, -0.2) is 0 Å². The van der Waals surface area contributed by atoms with Crippen molar-refractivity contribution < 1.29 is 19.6 Å². The SMILES string of the molecule is Cc1ccc(N2C(=O)[C@@H](CC(=O)O)S/C2=N/N=C\c2cccc([N+](=O)[O-])c2)cc1. The Morgan fingerprint density at radius 1 is 1.31 bits per heavy atom. The monoisotopic (exact) mass is 412 g/mol. The molecule has 1 saturated heterocycles. The van der Waals surface area contributed by atoms with Crippen molar-refractivity contribution in [1.29, 1.82) is 0 Å². The van der Waals surface area contributed by atoms with Gasteiger partial charge in [-0.15, -0.1) is 5.10 Å². The van der Waals surface area contributed by atoms with Gasteiger partial charge in [0.05, 0.1) is 23.2 Å². The van der Waals surface area contributed by atoms with Crippen molar-refractivity contribution in [2.45, 2.75) is 18.6 Å². The third-order valence-electron chi connectivity index (χ3n) is 4.02. The van der Waals surface area contributed by atoms with Gasteiger partial charge in [0, 0.05) is 17.7 Å². The summed E-state index contributed by atoms with van der Waals surface area (Å²) in [6, 6.07) is 13.0. The summed E-state index contributed by atoms with van der Waals surface area (Å²) in [4.78, 5) is 35.5. The molecule has 1 N–H and O–H groups in total. The molecular formula is C19H16N4O5S. The zero-order chi connectivity index (χ0) is 21.0. The van der Waals surface area contributed by atoms with Crippen LogP contribution < -0.4 is 4.90 Å². The lowest BCUT2D eigenvalue weighted by atomic mass is 10.2. The van der Waals surface area contributed by atoms with Gasteiger partial charge in [-0.1, -0.05) is 41.6 Å². The van der Waals surface area contributed by atoms with Crippen LogP contribution in [0.3, 0.4) is 0 Å². The van der Waals surface area contributed by atoms with E-state index in [2.05, 4.69) is 10.2 Å². The molecule has 1 amide bonds. The van der Waals surface area contributed by atoms with E-state index in [0.29, 0.717) is 11.3 Å². The number of carbonyl (C=O) groups excluding carboxylic acids is 1. The van der Waals surface area contributed by atoms with E-state index in [1.54, 1.807) is 18.2 Å². The fourth-order valence-corrected chi connectivity index (χ4v) is 3.70. The summed E-state index contributed by atoms with van der Waals surface area (Å²) in [5.74, 6) is -1.47. The second-order valence-corrected chi connectivity index (χ2v) is 7.36. The Hall–Kier alpha value is -3.53. The number of anilines is 1. The maximum absolute atomic E-state index is 12.7. The van der Waals surface area contributed by atoms with E-state index in [4.69, 9.17) is 5.11 Å². The zero-order valence-corrected chi connectivity index (χ0v) is 16.1. The quantitative estimate of drug-likeness (QED) is 0.441. The molecule has 0 spiro atoms. The Morgan fingerprint density at radius 3 is 2.69 bits per heavy atom. The molecule has 0 bridgehead atoms. The summed E-state index contributed by atoms with van der Waals surface area (Å²) in [6.07, 6.45) is 1.00. The smallest absolute Gasteiger partial charge is 0.305 e. The van der Waals surface area contributed by atoms with E-state index < -0.39 is 16.1 Å². The van der Waals surface area contributed by atoms with Gasteiger partial charge in [0.15, 0.2) is 5.17 Å². The van der Waals surface area contributed by atoms with Crippen LogP contribution in [0, 0.1) is 17.0 Å². The number of nitrogens with zero attached hydrogens (tertiary/aromatic N) is 4. The van der Waals surface area contributed by atoms with Crippen molar-refractivity contribution in [1.82, 2.24) is 0 Å². The average molecular weight is 412 g/mol. The summed E-state index contributed by atoms with van der Waals surface area (Å²) in [6.45, 7) is 1.91. The molecule has 0 unspecified atom stereocenters. The van der Waals surface area contributed by atoms with Crippen LogP contribution in [0.5, 0.6) is 0 Å². The molecule has 0 aromatic heterocycles. The second-order valence-electron chi connectivity index (χ2n) is 6.19. The third-order valence-corrected chi connectivity index (χ3v) is 5.15. The molecule has 2 aromatic rings. The van der Waals surface area contributed by atoms with Gasteiger partial charge in [-0.2, -0.15) is 5.10 Å². The van der Waals surface area contributed by atoms with Crippen molar-refractivity contribution in [2.24, 2.45) is 10.2 Å². The van der Waals surface area contributed by atoms with E-state index in [-0.39, 0.29) is 23.2 Å². The molecular weight excluding hydrogens is 396 g/mol. The van der Waals surface area contributed by atoms with Crippen molar-refractivity contribution in [3.8, 4) is 0 Å². The van der Waals surface area contributed by atoms with Gasteiger partial charge >= 0.3 is 5.97 Å². The van der Waals surface area contributed by atoms with Crippen LogP contribution >= 0.6 is 11.8 Å². The average Bonchev–Trinajstić information content (AvgIpc) is 2.97. The number of amidine groups is 1. The Kier molecular flexibility index (Phi) is 6.03. The minimum absolute atomic E-state index is 0.0742. The number of non-ortho nitro benzene ring substituents is 1. The molecule has 1 heterocycles. The van der Waals surface area contributed by atoms with Crippen LogP contribution in [-0.4, -0.2) is 38.5 Å². The largest absolute Gasteiger partial charge is 0.481 e. The first-order chi connectivity index (χ1) is 13.8. The van der Waals surface area contributed by atoms with E-state index in [1.807, 2.05) is 19.1 Å². The zero-order valence-electron chi connectivity index (χ0n) is 15.3. The number of aliphatic carboxylic acids is 1. The fourth-order valence-electron chi connectivity index (χ4n) is 2.62. The number of amides is 1. The molecule has 148 valence electrons. The standard InChI is InChI=1S/C19H16N4O5S/c1-12-5-7-14(8-6-12)22-18(26)16(10-17(24)25)29-19(22)21-20-11-13-3-2-4-15(9-13)23(27)28/h2-9,11,16H,10H2,1H3,(H,24,25)/b20-11-,21-19+/t16-/m1/s1. The molecule has 0 radical (unpaired) electrons. The lowest BCUT2D eigenvalue weighted by Gasteiger charge is -2.15. The Labute approximate surface area is 169 Å². The fraction of sp³-hybridized carbons (Fsp3) is 0.158. The summed E-state index contributed by atoms with van der Waals surface area (Å²) in [7, 11) is 0. The summed E-state index contributed by atoms with van der Waals surface area (Å²) in [5.41, 5.74) is 1.97. The Balaban J connectivity index is 1.90. The highest BCUT2D eigenvalue weighted by atomic mass is 32.2. The number of nitro groups is 1. The predicted molar refractivity (Wildman–Crippen MR) is 110 cm³/mol. The highest BCUT2D eigenvalue weighted by Gasteiger charge is 2.40. The molecule has 2 aromatic carbocycles. The Morgan fingerprint density at radius 2 is 2.03 bits per heavy atom. The van der Waals surface area contributed by atoms with E-state index in [9.17, 15) is 19.7 Å². The maximum Gasteiger partial charge on any atom is 0.305 e. The van der Waals surface area contributed by atoms with Crippen LogP contribution in [0.1, 0.15) is 17.5 Å². The molecule has 1 atom stereocenters.